The number of anilines is 1. The van der Waals surface area contributed by atoms with Gasteiger partial charge in [-0.25, -0.2) is 0 Å². The van der Waals surface area contributed by atoms with E-state index in [0.29, 0.717) is 18.1 Å². The van der Waals surface area contributed by atoms with Crippen LogP contribution in [-0.2, 0) is 6.54 Å². The van der Waals surface area contributed by atoms with Gasteiger partial charge < -0.3 is 15.7 Å². The zero-order chi connectivity index (χ0) is 12.7. The molecule has 1 rings (SSSR count). The molecule has 0 unspecified atom stereocenters. The van der Waals surface area contributed by atoms with Crippen LogP contribution < -0.4 is 10.6 Å². The second-order valence-electron chi connectivity index (χ2n) is 4.05. The summed E-state index contributed by atoms with van der Waals surface area (Å²) in [7, 11) is 0. The highest BCUT2D eigenvalue weighted by atomic mass is 35.5. The largest absolute Gasteiger partial charge is 0.395 e. The van der Waals surface area contributed by atoms with Gasteiger partial charge in [0, 0.05) is 19.6 Å². The molecule has 3 N–H and O–H groups in total. The Labute approximate surface area is 108 Å². The fraction of sp³-hybridized carbons (Fsp3) is 0.538. The van der Waals surface area contributed by atoms with Crippen molar-refractivity contribution >= 4 is 17.3 Å². The summed E-state index contributed by atoms with van der Waals surface area (Å²) in [4.78, 5) is 2.12. The van der Waals surface area contributed by atoms with Gasteiger partial charge in [0.15, 0.2) is 0 Å². The number of nitrogens with two attached hydrogens (primary N) is 1. The van der Waals surface area contributed by atoms with Crippen molar-refractivity contribution in [1.29, 1.82) is 0 Å². The lowest BCUT2D eigenvalue weighted by atomic mass is 10.2. The molecule has 1 aromatic rings. The first-order valence-corrected chi connectivity index (χ1v) is 6.45. The molecule has 0 aliphatic rings. The number of hydrogen-bond acceptors (Lipinski definition) is 3. The van der Waals surface area contributed by atoms with Crippen molar-refractivity contribution < 1.29 is 5.11 Å². The van der Waals surface area contributed by atoms with Crippen molar-refractivity contribution in [2.75, 3.05) is 24.6 Å². The number of benzene rings is 1. The summed E-state index contributed by atoms with van der Waals surface area (Å²) in [5.41, 5.74) is 7.58. The van der Waals surface area contributed by atoms with Gasteiger partial charge in [0.1, 0.15) is 0 Å². The summed E-state index contributed by atoms with van der Waals surface area (Å²) in [6.07, 6.45) is 2.22. The fourth-order valence-electron chi connectivity index (χ4n) is 1.76. The number of hydrogen-bond donors (Lipinski definition) is 2. The Bertz CT molecular complexity index is 344. The molecule has 0 amide bonds. The first kappa shape index (κ1) is 14.3. The summed E-state index contributed by atoms with van der Waals surface area (Å²) in [5, 5.41) is 9.79. The molecule has 0 saturated heterocycles. The van der Waals surface area contributed by atoms with E-state index in [-0.39, 0.29) is 6.61 Å². The Balaban J connectivity index is 2.85. The minimum atomic E-state index is 0.138. The third-order valence-corrected chi connectivity index (χ3v) is 3.04. The number of aliphatic hydroxyl groups excluding tert-OH is 1. The summed E-state index contributed by atoms with van der Waals surface area (Å²) in [6, 6.07) is 5.86. The van der Waals surface area contributed by atoms with Crippen LogP contribution in [0.1, 0.15) is 25.3 Å². The predicted octanol–water partition coefficient (Wildman–Crippen LogP) is 2.40. The predicted molar refractivity (Wildman–Crippen MR) is 73.6 cm³/mol. The van der Waals surface area contributed by atoms with Crippen molar-refractivity contribution in [3.05, 3.63) is 28.8 Å². The van der Waals surface area contributed by atoms with Gasteiger partial charge >= 0.3 is 0 Å². The first-order chi connectivity index (χ1) is 8.22. The summed E-state index contributed by atoms with van der Waals surface area (Å²) in [6.45, 7) is 4.31. The lowest BCUT2D eigenvalue weighted by Gasteiger charge is -2.25. The standard InChI is InChI=1S/C13H21ClN2O/c1-2-3-6-16(7-8-17)13-5-4-11(10-15)9-12(13)14/h4-5,9,17H,2-3,6-8,10,15H2,1H3. The Morgan fingerprint density at radius 2 is 2.12 bits per heavy atom. The topological polar surface area (TPSA) is 49.5 Å². The maximum Gasteiger partial charge on any atom is 0.0642 e. The Hall–Kier alpha value is -0.770. The maximum atomic E-state index is 9.08. The van der Waals surface area contributed by atoms with Crippen LogP contribution in [0.5, 0.6) is 0 Å². The van der Waals surface area contributed by atoms with E-state index in [1.165, 1.54) is 0 Å². The Kier molecular flexibility index (Phi) is 6.34. The average molecular weight is 257 g/mol. The smallest absolute Gasteiger partial charge is 0.0642 e. The third-order valence-electron chi connectivity index (χ3n) is 2.74. The van der Waals surface area contributed by atoms with Gasteiger partial charge in [0.2, 0.25) is 0 Å². The van der Waals surface area contributed by atoms with Crippen LogP contribution in [0.25, 0.3) is 0 Å². The molecule has 0 fully saturated rings. The second-order valence-corrected chi connectivity index (χ2v) is 4.46. The quantitative estimate of drug-likeness (QED) is 0.788. The molecule has 0 aliphatic carbocycles. The molecule has 0 spiro atoms. The van der Waals surface area contributed by atoms with Crippen molar-refractivity contribution in [3.63, 3.8) is 0 Å². The van der Waals surface area contributed by atoms with E-state index in [1.54, 1.807) is 0 Å². The van der Waals surface area contributed by atoms with Crippen LogP contribution in [0.2, 0.25) is 5.02 Å². The molecule has 0 saturated carbocycles. The molecular formula is C13H21ClN2O. The minimum Gasteiger partial charge on any atom is -0.395 e. The lowest BCUT2D eigenvalue weighted by Crippen LogP contribution is -2.28. The van der Waals surface area contributed by atoms with Gasteiger partial charge in [0.05, 0.1) is 17.3 Å². The molecule has 0 atom stereocenters. The summed E-state index contributed by atoms with van der Waals surface area (Å²) >= 11 is 6.24. The molecule has 17 heavy (non-hydrogen) atoms. The molecule has 0 bridgehead atoms. The highest BCUT2D eigenvalue weighted by molar-refractivity contribution is 6.33. The van der Waals surface area contributed by atoms with Gasteiger partial charge in [-0.05, 0) is 24.1 Å². The zero-order valence-corrected chi connectivity index (χ0v) is 11.1. The highest BCUT2D eigenvalue weighted by Gasteiger charge is 2.09. The number of nitrogens with zero attached hydrogens (tertiary/aromatic N) is 1. The molecule has 1 aromatic carbocycles. The molecule has 0 aromatic heterocycles. The second kappa shape index (κ2) is 7.54. The molecule has 4 heteroatoms. The fourth-order valence-corrected chi connectivity index (χ4v) is 2.08. The average Bonchev–Trinajstić information content (AvgIpc) is 2.34. The van der Waals surface area contributed by atoms with Crippen molar-refractivity contribution in [2.24, 2.45) is 5.73 Å². The van der Waals surface area contributed by atoms with E-state index in [2.05, 4.69) is 11.8 Å². The van der Waals surface area contributed by atoms with Gasteiger partial charge in [-0.15, -0.1) is 0 Å². The third kappa shape index (κ3) is 4.19. The molecule has 0 radical (unpaired) electrons. The van der Waals surface area contributed by atoms with E-state index < -0.39 is 0 Å². The van der Waals surface area contributed by atoms with Crippen LogP contribution in [0.4, 0.5) is 5.69 Å². The van der Waals surface area contributed by atoms with E-state index in [9.17, 15) is 0 Å². The molecule has 0 heterocycles. The van der Waals surface area contributed by atoms with Crippen molar-refractivity contribution in [1.82, 2.24) is 0 Å². The number of halogens is 1. The Morgan fingerprint density at radius 3 is 2.65 bits per heavy atom. The van der Waals surface area contributed by atoms with E-state index in [4.69, 9.17) is 22.4 Å². The first-order valence-electron chi connectivity index (χ1n) is 6.07. The Morgan fingerprint density at radius 1 is 1.35 bits per heavy atom. The molecule has 3 nitrogen and oxygen atoms in total. The monoisotopic (exact) mass is 256 g/mol. The van der Waals surface area contributed by atoms with Crippen LogP contribution in [0, 0.1) is 0 Å². The van der Waals surface area contributed by atoms with Crippen LogP contribution in [0.15, 0.2) is 18.2 Å². The van der Waals surface area contributed by atoms with Crippen LogP contribution in [0.3, 0.4) is 0 Å². The van der Waals surface area contributed by atoms with E-state index in [0.717, 1.165) is 30.6 Å². The molecular weight excluding hydrogens is 236 g/mol. The van der Waals surface area contributed by atoms with Gasteiger partial charge in [0.25, 0.3) is 0 Å². The minimum absolute atomic E-state index is 0.138. The summed E-state index contributed by atoms with van der Waals surface area (Å²) < 4.78 is 0. The number of unbranched alkanes of at least 4 members (excludes halogenated alkanes) is 1. The number of aliphatic hydroxyl groups is 1. The van der Waals surface area contributed by atoms with Crippen molar-refractivity contribution in [2.45, 2.75) is 26.3 Å². The van der Waals surface area contributed by atoms with E-state index in [1.807, 2.05) is 18.2 Å². The zero-order valence-electron chi connectivity index (χ0n) is 10.3. The maximum absolute atomic E-state index is 9.08. The normalized spacial score (nSPS) is 10.6. The van der Waals surface area contributed by atoms with Gasteiger partial charge in [-0.3, -0.25) is 0 Å². The van der Waals surface area contributed by atoms with Gasteiger partial charge in [-0.2, -0.15) is 0 Å². The van der Waals surface area contributed by atoms with Crippen molar-refractivity contribution in [3.8, 4) is 0 Å². The SMILES string of the molecule is CCCCN(CCO)c1ccc(CN)cc1Cl. The van der Waals surface area contributed by atoms with Crippen LogP contribution >= 0.6 is 11.6 Å². The molecule has 0 aliphatic heterocycles. The summed E-state index contributed by atoms with van der Waals surface area (Å²) in [5.74, 6) is 0. The van der Waals surface area contributed by atoms with Gasteiger partial charge in [-0.1, -0.05) is 31.0 Å². The highest BCUT2D eigenvalue weighted by Crippen LogP contribution is 2.27. The van der Waals surface area contributed by atoms with Crippen LogP contribution in [-0.4, -0.2) is 24.8 Å². The molecule has 96 valence electrons. The lowest BCUT2D eigenvalue weighted by molar-refractivity contribution is 0.301. The number of rotatable bonds is 7. The van der Waals surface area contributed by atoms with E-state index >= 15 is 0 Å².